The SMILES string of the molecule is C[C@@H](NC(=O)C(C)(C)C(C)(C)N)c1cccc(Cl)c1. The second-order valence-corrected chi connectivity index (χ2v) is 6.53. The number of carbonyl (C=O) groups is 1. The molecule has 0 aliphatic heterocycles. The predicted octanol–water partition coefficient (Wildman–Crippen LogP) is 3.28. The Morgan fingerprint density at radius 1 is 1.32 bits per heavy atom. The number of amides is 1. The maximum absolute atomic E-state index is 12.4. The van der Waals surface area contributed by atoms with Crippen LogP contribution in [0, 0.1) is 5.41 Å². The molecule has 0 unspecified atom stereocenters. The zero-order chi connectivity index (χ0) is 14.8. The number of nitrogens with two attached hydrogens (primary N) is 1. The summed E-state index contributed by atoms with van der Waals surface area (Å²) in [6.07, 6.45) is 0. The molecule has 106 valence electrons. The Kier molecular flexibility index (Phi) is 4.64. The van der Waals surface area contributed by atoms with Crippen molar-refractivity contribution in [2.24, 2.45) is 11.1 Å². The van der Waals surface area contributed by atoms with E-state index in [1.54, 1.807) is 0 Å². The van der Waals surface area contributed by atoms with Crippen LogP contribution in [0.3, 0.4) is 0 Å². The van der Waals surface area contributed by atoms with Gasteiger partial charge in [-0.2, -0.15) is 0 Å². The van der Waals surface area contributed by atoms with Gasteiger partial charge in [-0.1, -0.05) is 23.7 Å². The molecule has 0 aliphatic rings. The summed E-state index contributed by atoms with van der Waals surface area (Å²) in [5.41, 5.74) is 5.80. The third kappa shape index (κ3) is 3.71. The zero-order valence-corrected chi connectivity index (χ0v) is 13.0. The van der Waals surface area contributed by atoms with Gasteiger partial charge >= 0.3 is 0 Å². The number of nitrogens with one attached hydrogen (secondary N) is 1. The lowest BCUT2D eigenvalue weighted by atomic mass is 9.74. The fraction of sp³-hybridized carbons (Fsp3) is 0.533. The summed E-state index contributed by atoms with van der Waals surface area (Å²) in [7, 11) is 0. The molecule has 3 N–H and O–H groups in total. The van der Waals surface area contributed by atoms with Crippen molar-refractivity contribution < 1.29 is 4.79 Å². The first kappa shape index (κ1) is 16.0. The van der Waals surface area contributed by atoms with E-state index in [4.69, 9.17) is 17.3 Å². The topological polar surface area (TPSA) is 55.1 Å². The molecule has 0 aliphatic carbocycles. The van der Waals surface area contributed by atoms with Crippen LogP contribution in [0.15, 0.2) is 24.3 Å². The molecule has 0 spiro atoms. The van der Waals surface area contributed by atoms with Crippen molar-refractivity contribution in [1.82, 2.24) is 5.32 Å². The van der Waals surface area contributed by atoms with Gasteiger partial charge in [0.25, 0.3) is 0 Å². The minimum atomic E-state index is -0.653. The van der Waals surface area contributed by atoms with Crippen molar-refractivity contribution in [3.05, 3.63) is 34.9 Å². The summed E-state index contributed by atoms with van der Waals surface area (Å²) >= 11 is 5.96. The van der Waals surface area contributed by atoms with Crippen LogP contribution in [-0.2, 0) is 4.79 Å². The third-order valence-corrected chi connectivity index (χ3v) is 4.11. The average molecular weight is 283 g/mol. The molecule has 19 heavy (non-hydrogen) atoms. The Hall–Kier alpha value is -1.06. The molecule has 0 heterocycles. The number of rotatable bonds is 4. The van der Waals surface area contributed by atoms with E-state index in [2.05, 4.69) is 5.32 Å². The summed E-state index contributed by atoms with van der Waals surface area (Å²) in [6, 6.07) is 7.38. The maximum Gasteiger partial charge on any atom is 0.227 e. The second-order valence-electron chi connectivity index (χ2n) is 6.10. The molecule has 4 heteroatoms. The first-order chi connectivity index (χ1) is 8.55. The minimum absolute atomic E-state index is 0.0625. The number of halogens is 1. The molecule has 1 rings (SSSR count). The fourth-order valence-corrected chi connectivity index (χ4v) is 1.73. The van der Waals surface area contributed by atoms with Gasteiger partial charge in [0.2, 0.25) is 5.91 Å². The van der Waals surface area contributed by atoms with Gasteiger partial charge in [-0.05, 0) is 52.3 Å². The van der Waals surface area contributed by atoms with Crippen LogP contribution < -0.4 is 11.1 Å². The van der Waals surface area contributed by atoms with Crippen LogP contribution in [0.5, 0.6) is 0 Å². The second kappa shape index (κ2) is 5.51. The Bertz CT molecular complexity index is 463. The number of benzene rings is 1. The monoisotopic (exact) mass is 282 g/mol. The van der Waals surface area contributed by atoms with E-state index >= 15 is 0 Å². The lowest BCUT2D eigenvalue weighted by Crippen LogP contribution is -2.55. The van der Waals surface area contributed by atoms with Gasteiger partial charge in [0, 0.05) is 10.6 Å². The summed E-state index contributed by atoms with van der Waals surface area (Å²) in [5.74, 6) is -0.0625. The summed E-state index contributed by atoms with van der Waals surface area (Å²) in [5, 5.41) is 3.66. The van der Waals surface area contributed by atoms with Gasteiger partial charge in [-0.3, -0.25) is 4.79 Å². The van der Waals surface area contributed by atoms with Crippen LogP contribution in [0.2, 0.25) is 5.02 Å². The predicted molar refractivity (Wildman–Crippen MR) is 80.1 cm³/mol. The molecular formula is C15H23ClN2O. The molecule has 1 aromatic carbocycles. The largest absolute Gasteiger partial charge is 0.349 e. The van der Waals surface area contributed by atoms with Gasteiger partial charge in [-0.25, -0.2) is 0 Å². The van der Waals surface area contributed by atoms with Crippen molar-refractivity contribution in [3.8, 4) is 0 Å². The molecule has 3 nitrogen and oxygen atoms in total. The molecule has 0 fully saturated rings. The highest BCUT2D eigenvalue weighted by Gasteiger charge is 2.40. The molecule has 1 atom stereocenters. The Balaban J connectivity index is 2.83. The van der Waals surface area contributed by atoms with Crippen molar-refractivity contribution in [2.45, 2.75) is 46.2 Å². The van der Waals surface area contributed by atoms with E-state index in [0.29, 0.717) is 5.02 Å². The van der Waals surface area contributed by atoms with Crippen molar-refractivity contribution in [2.75, 3.05) is 0 Å². The summed E-state index contributed by atoms with van der Waals surface area (Å²) in [6.45, 7) is 9.36. The average Bonchev–Trinajstić information content (AvgIpc) is 2.27. The van der Waals surface area contributed by atoms with Crippen molar-refractivity contribution >= 4 is 17.5 Å². The van der Waals surface area contributed by atoms with Crippen LogP contribution in [-0.4, -0.2) is 11.4 Å². The summed E-state index contributed by atoms with van der Waals surface area (Å²) in [4.78, 5) is 12.4. The lowest BCUT2D eigenvalue weighted by Gasteiger charge is -2.37. The van der Waals surface area contributed by atoms with E-state index in [1.165, 1.54) is 0 Å². The molecule has 0 bridgehead atoms. The smallest absolute Gasteiger partial charge is 0.227 e. The van der Waals surface area contributed by atoms with Crippen LogP contribution in [0.1, 0.15) is 46.2 Å². The molecule has 0 saturated carbocycles. The molecule has 0 saturated heterocycles. The molecule has 0 aromatic heterocycles. The van der Waals surface area contributed by atoms with Gasteiger partial charge in [0.15, 0.2) is 0 Å². The van der Waals surface area contributed by atoms with Crippen molar-refractivity contribution in [1.29, 1.82) is 0 Å². The van der Waals surface area contributed by atoms with E-state index in [-0.39, 0.29) is 11.9 Å². The summed E-state index contributed by atoms with van der Waals surface area (Å²) < 4.78 is 0. The van der Waals surface area contributed by atoms with E-state index in [1.807, 2.05) is 58.9 Å². The minimum Gasteiger partial charge on any atom is -0.349 e. The molecule has 1 aromatic rings. The number of hydrogen-bond donors (Lipinski definition) is 2. The first-order valence-corrected chi connectivity index (χ1v) is 6.79. The third-order valence-electron chi connectivity index (χ3n) is 3.87. The molecule has 0 radical (unpaired) electrons. The van der Waals surface area contributed by atoms with Crippen LogP contribution in [0.25, 0.3) is 0 Å². The van der Waals surface area contributed by atoms with E-state index < -0.39 is 11.0 Å². The lowest BCUT2D eigenvalue weighted by molar-refractivity contribution is -0.132. The van der Waals surface area contributed by atoms with E-state index in [9.17, 15) is 4.79 Å². The Morgan fingerprint density at radius 2 is 1.89 bits per heavy atom. The highest BCUT2D eigenvalue weighted by Crippen LogP contribution is 2.29. The van der Waals surface area contributed by atoms with Gasteiger partial charge in [0.1, 0.15) is 0 Å². The molecule has 1 amide bonds. The first-order valence-electron chi connectivity index (χ1n) is 6.41. The standard InChI is InChI=1S/C15H23ClN2O/c1-10(11-7-6-8-12(16)9-11)18-13(19)14(2,3)15(4,5)17/h6-10H,17H2,1-5H3,(H,18,19)/t10-/m1/s1. The highest BCUT2D eigenvalue weighted by atomic mass is 35.5. The van der Waals surface area contributed by atoms with Crippen LogP contribution in [0.4, 0.5) is 0 Å². The van der Waals surface area contributed by atoms with Gasteiger partial charge in [-0.15, -0.1) is 0 Å². The zero-order valence-electron chi connectivity index (χ0n) is 12.3. The molecular weight excluding hydrogens is 260 g/mol. The van der Waals surface area contributed by atoms with E-state index in [0.717, 1.165) is 5.56 Å². The Morgan fingerprint density at radius 3 is 2.37 bits per heavy atom. The number of carbonyl (C=O) groups excluding carboxylic acids is 1. The van der Waals surface area contributed by atoms with Crippen molar-refractivity contribution in [3.63, 3.8) is 0 Å². The maximum atomic E-state index is 12.4. The quantitative estimate of drug-likeness (QED) is 0.890. The normalized spacial score (nSPS) is 14.1. The van der Waals surface area contributed by atoms with Crippen LogP contribution >= 0.6 is 11.6 Å². The van der Waals surface area contributed by atoms with Gasteiger partial charge < -0.3 is 11.1 Å². The van der Waals surface area contributed by atoms with Gasteiger partial charge in [0.05, 0.1) is 11.5 Å². The number of hydrogen-bond acceptors (Lipinski definition) is 2. The fourth-order valence-electron chi connectivity index (χ4n) is 1.53. The highest BCUT2D eigenvalue weighted by molar-refractivity contribution is 6.30. The Labute approximate surface area is 120 Å².